The summed E-state index contributed by atoms with van der Waals surface area (Å²) in [7, 11) is 0. The predicted molar refractivity (Wildman–Crippen MR) is 176 cm³/mol. The summed E-state index contributed by atoms with van der Waals surface area (Å²) >= 11 is 0. The number of rotatable bonds is 8. The van der Waals surface area contributed by atoms with E-state index in [4.69, 9.17) is 16.2 Å². The maximum absolute atomic E-state index is 6.70. The molecule has 7 atom stereocenters. The molecule has 0 aromatic heterocycles. The van der Waals surface area contributed by atoms with Crippen LogP contribution in [0, 0.1) is 39.4 Å². The molecule has 0 spiro atoms. The Balaban J connectivity index is 1.32. The van der Waals surface area contributed by atoms with Gasteiger partial charge in [0.05, 0.1) is 12.7 Å². The van der Waals surface area contributed by atoms with Gasteiger partial charge in [-0.05, 0) is 148 Å². The van der Waals surface area contributed by atoms with Crippen LogP contribution in [0.1, 0.15) is 125 Å². The molecule has 4 aliphatic carbocycles. The van der Waals surface area contributed by atoms with E-state index in [9.17, 15) is 0 Å². The lowest BCUT2D eigenvalue weighted by Crippen LogP contribution is -2.55. The number of ether oxygens (including phenoxy) is 1. The first kappa shape index (κ1) is 30.7. The van der Waals surface area contributed by atoms with Crippen molar-refractivity contribution in [3.63, 3.8) is 0 Å². The average molecular weight is 561 g/mol. The molecule has 2 saturated carbocycles. The van der Waals surface area contributed by atoms with E-state index < -0.39 is 0 Å². The number of hydrogen-bond donors (Lipinski definition) is 2. The number of nitrogen functional groups attached to an aromatic ring is 2. The van der Waals surface area contributed by atoms with E-state index in [0.717, 1.165) is 42.7 Å². The van der Waals surface area contributed by atoms with Gasteiger partial charge < -0.3 is 16.2 Å². The summed E-state index contributed by atoms with van der Waals surface area (Å²) in [5.41, 5.74) is 21.3. The highest BCUT2D eigenvalue weighted by Gasteiger charge is 2.63. The Labute approximate surface area is 252 Å². The molecule has 0 saturated heterocycles. The Morgan fingerprint density at radius 2 is 1.63 bits per heavy atom. The first-order valence-corrected chi connectivity index (χ1v) is 16.9. The smallest absolute Gasteiger partial charge is 0.0629 e. The Kier molecular flexibility index (Phi) is 8.29. The van der Waals surface area contributed by atoms with E-state index in [1.165, 1.54) is 68.9 Å². The van der Waals surface area contributed by atoms with Gasteiger partial charge in [-0.1, -0.05) is 64.3 Å². The second-order valence-electron chi connectivity index (χ2n) is 16.2. The summed E-state index contributed by atoms with van der Waals surface area (Å²) in [5.74, 6) is 2.35. The predicted octanol–water partition coefficient (Wildman–Crippen LogP) is 9.91. The summed E-state index contributed by atoms with van der Waals surface area (Å²) in [6, 6.07) is 5.90. The fourth-order valence-electron chi connectivity index (χ4n) is 11.0. The Bertz CT molecular complexity index is 1170. The van der Waals surface area contributed by atoms with Crippen LogP contribution < -0.4 is 11.5 Å². The van der Waals surface area contributed by atoms with Crippen molar-refractivity contribution in [2.24, 2.45) is 39.4 Å². The maximum atomic E-state index is 6.70. The first-order chi connectivity index (χ1) is 19.2. The molecule has 228 valence electrons. The van der Waals surface area contributed by atoms with Crippen molar-refractivity contribution < 1.29 is 4.74 Å². The molecule has 1 aromatic rings. The molecule has 41 heavy (non-hydrogen) atoms. The average Bonchev–Trinajstić information content (AvgIpc) is 3.16. The molecule has 4 aliphatic rings. The third kappa shape index (κ3) is 5.21. The number of allylic oxidation sites excluding steroid dienone is 4. The molecule has 1 aromatic carbocycles. The Morgan fingerprint density at radius 3 is 2.32 bits per heavy atom. The van der Waals surface area contributed by atoms with Crippen LogP contribution in [0.4, 0.5) is 11.4 Å². The molecule has 2 fully saturated rings. The maximum Gasteiger partial charge on any atom is 0.0629 e. The molecule has 0 heterocycles. The van der Waals surface area contributed by atoms with Gasteiger partial charge in [0.15, 0.2) is 0 Å². The van der Waals surface area contributed by atoms with Crippen molar-refractivity contribution in [2.45, 2.75) is 132 Å². The van der Waals surface area contributed by atoms with Crippen LogP contribution in [0.3, 0.4) is 0 Å². The standard InChI is InChI=1S/C38H60N2O/c1-25(2)10-9-11-26(3)30-14-19-38(8)32-12-13-33-35(4,5)34(41-21-17-27-22-28(39)24-29(40)23-27)16-18-36(33,6)31(32)15-20-37(30,38)7/h10,22-24,26,30,33-34H,9,11-21,39-40H2,1-8H3. The van der Waals surface area contributed by atoms with Gasteiger partial charge in [-0.3, -0.25) is 0 Å². The topological polar surface area (TPSA) is 61.3 Å². The summed E-state index contributed by atoms with van der Waals surface area (Å²) in [6.45, 7) is 20.8. The molecule has 7 unspecified atom stereocenters. The van der Waals surface area contributed by atoms with Crippen molar-refractivity contribution >= 4 is 11.4 Å². The molecule has 0 radical (unpaired) electrons. The van der Waals surface area contributed by atoms with E-state index in [1.54, 1.807) is 0 Å². The summed E-state index contributed by atoms with van der Waals surface area (Å²) in [6.07, 6.45) is 16.8. The van der Waals surface area contributed by atoms with E-state index in [2.05, 4.69) is 61.5 Å². The van der Waals surface area contributed by atoms with E-state index in [-0.39, 0.29) is 5.41 Å². The Morgan fingerprint density at radius 1 is 0.927 bits per heavy atom. The third-order valence-electron chi connectivity index (χ3n) is 13.4. The second kappa shape index (κ2) is 11.1. The van der Waals surface area contributed by atoms with Gasteiger partial charge in [-0.15, -0.1) is 0 Å². The number of fused-ring (bicyclic) bond motifs is 4. The highest BCUT2D eigenvalue weighted by Crippen LogP contribution is 2.72. The van der Waals surface area contributed by atoms with Gasteiger partial charge in [0.25, 0.3) is 0 Å². The van der Waals surface area contributed by atoms with E-state index in [0.29, 0.717) is 28.3 Å². The zero-order chi connectivity index (χ0) is 29.8. The van der Waals surface area contributed by atoms with Crippen molar-refractivity contribution in [3.05, 3.63) is 46.6 Å². The van der Waals surface area contributed by atoms with Crippen LogP contribution in [-0.2, 0) is 11.2 Å². The molecule has 3 heteroatoms. The van der Waals surface area contributed by atoms with Gasteiger partial charge in [-0.2, -0.15) is 0 Å². The highest BCUT2D eigenvalue weighted by atomic mass is 16.5. The Hall–Kier alpha value is -1.74. The lowest BCUT2D eigenvalue weighted by atomic mass is 9.43. The zero-order valence-corrected chi connectivity index (χ0v) is 27.7. The van der Waals surface area contributed by atoms with Crippen molar-refractivity contribution in [1.29, 1.82) is 0 Å². The van der Waals surface area contributed by atoms with Crippen LogP contribution in [0.15, 0.2) is 41.0 Å². The fourth-order valence-corrected chi connectivity index (χ4v) is 11.0. The zero-order valence-electron chi connectivity index (χ0n) is 27.7. The van der Waals surface area contributed by atoms with Crippen LogP contribution >= 0.6 is 0 Å². The molecule has 0 bridgehead atoms. The lowest BCUT2D eigenvalue weighted by Gasteiger charge is -2.62. The van der Waals surface area contributed by atoms with Crippen LogP contribution in [0.2, 0.25) is 0 Å². The van der Waals surface area contributed by atoms with Gasteiger partial charge in [0.1, 0.15) is 0 Å². The van der Waals surface area contributed by atoms with E-state index in [1.807, 2.05) is 29.3 Å². The monoisotopic (exact) mass is 560 g/mol. The van der Waals surface area contributed by atoms with Crippen LogP contribution in [0.5, 0.6) is 0 Å². The number of nitrogens with two attached hydrogens (primary N) is 2. The first-order valence-electron chi connectivity index (χ1n) is 16.9. The molecule has 0 aliphatic heterocycles. The minimum Gasteiger partial charge on any atom is -0.399 e. The lowest BCUT2D eigenvalue weighted by molar-refractivity contribution is -0.125. The number of benzene rings is 1. The fraction of sp³-hybridized carbons (Fsp3) is 0.737. The number of anilines is 2. The summed E-state index contributed by atoms with van der Waals surface area (Å²) < 4.78 is 6.70. The molecular weight excluding hydrogens is 500 g/mol. The minimum atomic E-state index is 0.166. The van der Waals surface area contributed by atoms with Gasteiger partial charge >= 0.3 is 0 Å². The molecule has 5 rings (SSSR count). The molecule has 3 nitrogen and oxygen atoms in total. The van der Waals surface area contributed by atoms with Gasteiger partial charge in [0, 0.05) is 11.4 Å². The quantitative estimate of drug-likeness (QED) is 0.246. The van der Waals surface area contributed by atoms with Crippen molar-refractivity contribution in [1.82, 2.24) is 0 Å². The van der Waals surface area contributed by atoms with Gasteiger partial charge in [-0.25, -0.2) is 0 Å². The molecular formula is C38H60N2O. The summed E-state index contributed by atoms with van der Waals surface area (Å²) in [5, 5.41) is 0. The molecule has 4 N–H and O–H groups in total. The minimum absolute atomic E-state index is 0.166. The number of hydrogen-bond acceptors (Lipinski definition) is 3. The third-order valence-corrected chi connectivity index (χ3v) is 13.4. The van der Waals surface area contributed by atoms with Crippen LogP contribution in [-0.4, -0.2) is 12.7 Å². The highest BCUT2D eigenvalue weighted by molar-refractivity contribution is 5.54. The summed E-state index contributed by atoms with van der Waals surface area (Å²) in [4.78, 5) is 0. The van der Waals surface area contributed by atoms with Crippen molar-refractivity contribution in [2.75, 3.05) is 18.1 Å². The van der Waals surface area contributed by atoms with Gasteiger partial charge in [0.2, 0.25) is 0 Å². The largest absolute Gasteiger partial charge is 0.399 e. The second-order valence-corrected chi connectivity index (χ2v) is 16.2. The SMILES string of the molecule is CC(C)=CCCC(C)C1CCC2(C)C3=C(CCC12C)C1(C)CCC(OCCc2cc(N)cc(N)c2)C(C)(C)C1CC3. The van der Waals surface area contributed by atoms with Crippen molar-refractivity contribution in [3.8, 4) is 0 Å². The van der Waals surface area contributed by atoms with Crippen LogP contribution in [0.25, 0.3) is 0 Å². The molecule has 0 amide bonds. The van der Waals surface area contributed by atoms with E-state index >= 15 is 0 Å². The normalized spacial score (nSPS) is 36.7.